The lowest BCUT2D eigenvalue weighted by Crippen LogP contribution is -2.33. The summed E-state index contributed by atoms with van der Waals surface area (Å²) >= 11 is 0. The first-order valence-electron chi connectivity index (χ1n) is 5.82. The SMILES string of the molecule is NC1(c2nc(-c3ccccn3)no2)CCCC1. The van der Waals surface area contributed by atoms with Crippen molar-refractivity contribution in [1.82, 2.24) is 15.1 Å². The van der Waals surface area contributed by atoms with Crippen LogP contribution in [0, 0.1) is 0 Å². The van der Waals surface area contributed by atoms with E-state index >= 15 is 0 Å². The molecule has 0 aromatic carbocycles. The molecule has 1 saturated carbocycles. The normalized spacial score (nSPS) is 18.4. The zero-order valence-electron chi connectivity index (χ0n) is 9.47. The summed E-state index contributed by atoms with van der Waals surface area (Å²) in [5, 5.41) is 3.95. The van der Waals surface area contributed by atoms with Crippen LogP contribution >= 0.6 is 0 Å². The van der Waals surface area contributed by atoms with Crippen LogP contribution in [0.4, 0.5) is 0 Å². The highest BCUT2D eigenvalue weighted by atomic mass is 16.5. The molecule has 17 heavy (non-hydrogen) atoms. The first-order chi connectivity index (χ1) is 8.28. The van der Waals surface area contributed by atoms with Crippen molar-refractivity contribution < 1.29 is 4.52 Å². The molecule has 2 N–H and O–H groups in total. The quantitative estimate of drug-likeness (QED) is 0.851. The lowest BCUT2D eigenvalue weighted by atomic mass is 9.99. The molecule has 0 saturated heterocycles. The summed E-state index contributed by atoms with van der Waals surface area (Å²) in [5.41, 5.74) is 6.54. The molecule has 0 aliphatic heterocycles. The van der Waals surface area contributed by atoms with Crippen LogP contribution in [0.15, 0.2) is 28.9 Å². The van der Waals surface area contributed by atoms with Crippen LogP contribution in [0.5, 0.6) is 0 Å². The molecule has 0 bridgehead atoms. The number of aromatic nitrogens is 3. The minimum absolute atomic E-state index is 0.431. The maximum absolute atomic E-state index is 6.26. The molecule has 0 spiro atoms. The van der Waals surface area contributed by atoms with Gasteiger partial charge in [-0.2, -0.15) is 4.98 Å². The van der Waals surface area contributed by atoms with Gasteiger partial charge < -0.3 is 10.3 Å². The summed E-state index contributed by atoms with van der Waals surface area (Å²) in [7, 11) is 0. The van der Waals surface area contributed by atoms with Gasteiger partial charge in [0.05, 0.1) is 5.54 Å². The molecule has 1 aliphatic carbocycles. The van der Waals surface area contributed by atoms with E-state index in [2.05, 4.69) is 15.1 Å². The smallest absolute Gasteiger partial charge is 0.247 e. The van der Waals surface area contributed by atoms with Gasteiger partial charge in [0.2, 0.25) is 11.7 Å². The second-order valence-corrected chi connectivity index (χ2v) is 4.50. The van der Waals surface area contributed by atoms with Gasteiger partial charge >= 0.3 is 0 Å². The van der Waals surface area contributed by atoms with Gasteiger partial charge in [0, 0.05) is 6.20 Å². The van der Waals surface area contributed by atoms with Gasteiger partial charge in [-0.05, 0) is 25.0 Å². The Morgan fingerprint density at radius 1 is 1.24 bits per heavy atom. The Labute approximate surface area is 99.1 Å². The van der Waals surface area contributed by atoms with E-state index in [1.807, 2.05) is 18.2 Å². The Bertz CT molecular complexity index is 502. The molecule has 5 nitrogen and oxygen atoms in total. The van der Waals surface area contributed by atoms with Gasteiger partial charge in [0.25, 0.3) is 0 Å². The molecule has 1 fully saturated rings. The number of hydrogen-bond acceptors (Lipinski definition) is 5. The molecule has 0 atom stereocenters. The summed E-state index contributed by atoms with van der Waals surface area (Å²) in [6, 6.07) is 5.60. The third-order valence-electron chi connectivity index (χ3n) is 3.24. The summed E-state index contributed by atoms with van der Waals surface area (Å²) in [6.07, 6.45) is 5.78. The highest BCUT2D eigenvalue weighted by molar-refractivity contribution is 5.47. The van der Waals surface area contributed by atoms with Crippen molar-refractivity contribution in [2.24, 2.45) is 5.73 Å². The highest BCUT2D eigenvalue weighted by Gasteiger charge is 2.36. The minimum Gasteiger partial charge on any atom is -0.337 e. The molecule has 0 unspecified atom stereocenters. The number of rotatable bonds is 2. The first-order valence-corrected chi connectivity index (χ1v) is 5.82. The van der Waals surface area contributed by atoms with Crippen LogP contribution in [0.1, 0.15) is 31.6 Å². The standard InChI is InChI=1S/C12H14N4O/c13-12(6-2-3-7-12)11-15-10(16-17-11)9-5-1-4-8-14-9/h1,4-5,8H,2-3,6-7,13H2. The molecule has 2 heterocycles. The Hall–Kier alpha value is -1.75. The van der Waals surface area contributed by atoms with Gasteiger partial charge in [-0.15, -0.1) is 0 Å². The van der Waals surface area contributed by atoms with Crippen molar-refractivity contribution in [3.8, 4) is 11.5 Å². The van der Waals surface area contributed by atoms with Crippen molar-refractivity contribution >= 4 is 0 Å². The summed E-state index contributed by atoms with van der Waals surface area (Å²) < 4.78 is 5.28. The van der Waals surface area contributed by atoms with Gasteiger partial charge in [-0.3, -0.25) is 4.98 Å². The molecule has 2 aromatic heterocycles. The largest absolute Gasteiger partial charge is 0.337 e. The van der Waals surface area contributed by atoms with E-state index in [0.717, 1.165) is 25.7 Å². The highest BCUT2D eigenvalue weighted by Crippen LogP contribution is 2.35. The second kappa shape index (κ2) is 3.92. The molecule has 0 radical (unpaired) electrons. The Balaban J connectivity index is 1.93. The zero-order valence-corrected chi connectivity index (χ0v) is 9.47. The van der Waals surface area contributed by atoms with Crippen molar-refractivity contribution in [2.45, 2.75) is 31.2 Å². The van der Waals surface area contributed by atoms with Crippen LogP contribution in [-0.4, -0.2) is 15.1 Å². The topological polar surface area (TPSA) is 77.8 Å². The van der Waals surface area contributed by atoms with Gasteiger partial charge in [-0.25, -0.2) is 0 Å². The average Bonchev–Trinajstić information content (AvgIpc) is 2.99. The number of nitrogens with zero attached hydrogens (tertiary/aromatic N) is 3. The summed E-state index contributed by atoms with van der Waals surface area (Å²) in [6.45, 7) is 0. The van der Waals surface area contributed by atoms with Crippen molar-refractivity contribution in [3.63, 3.8) is 0 Å². The maximum Gasteiger partial charge on any atom is 0.247 e. The van der Waals surface area contributed by atoms with Gasteiger partial charge in [0.15, 0.2) is 0 Å². The van der Waals surface area contributed by atoms with Gasteiger partial charge in [-0.1, -0.05) is 24.1 Å². The van der Waals surface area contributed by atoms with Crippen molar-refractivity contribution in [2.75, 3.05) is 0 Å². The van der Waals surface area contributed by atoms with E-state index in [-0.39, 0.29) is 0 Å². The predicted molar refractivity (Wildman–Crippen MR) is 61.9 cm³/mol. The van der Waals surface area contributed by atoms with Gasteiger partial charge in [0.1, 0.15) is 5.69 Å². The molecule has 2 aromatic rings. The predicted octanol–water partition coefficient (Wildman–Crippen LogP) is 1.86. The van der Waals surface area contributed by atoms with E-state index in [1.54, 1.807) is 6.20 Å². The minimum atomic E-state index is -0.431. The third-order valence-corrected chi connectivity index (χ3v) is 3.24. The Kier molecular flexibility index (Phi) is 2.40. The average molecular weight is 230 g/mol. The summed E-state index contributed by atoms with van der Waals surface area (Å²) in [5.74, 6) is 1.05. The molecule has 3 rings (SSSR count). The molecular weight excluding hydrogens is 216 g/mol. The van der Waals surface area contributed by atoms with Crippen LogP contribution in [0.2, 0.25) is 0 Å². The fourth-order valence-corrected chi connectivity index (χ4v) is 2.24. The van der Waals surface area contributed by atoms with E-state index in [0.29, 0.717) is 17.4 Å². The molecule has 88 valence electrons. The van der Waals surface area contributed by atoms with Crippen molar-refractivity contribution in [3.05, 3.63) is 30.3 Å². The van der Waals surface area contributed by atoms with Crippen LogP contribution in [0.3, 0.4) is 0 Å². The van der Waals surface area contributed by atoms with Crippen LogP contribution < -0.4 is 5.73 Å². The van der Waals surface area contributed by atoms with Crippen molar-refractivity contribution in [1.29, 1.82) is 0 Å². The molecular formula is C12H14N4O. The van der Waals surface area contributed by atoms with E-state index in [9.17, 15) is 0 Å². The first kappa shape index (κ1) is 10.4. The lowest BCUT2D eigenvalue weighted by Gasteiger charge is -2.17. The number of nitrogens with two attached hydrogens (primary N) is 1. The van der Waals surface area contributed by atoms with Crippen LogP contribution in [0.25, 0.3) is 11.5 Å². The maximum atomic E-state index is 6.26. The van der Waals surface area contributed by atoms with Crippen LogP contribution in [-0.2, 0) is 5.54 Å². The molecule has 5 heteroatoms. The Morgan fingerprint density at radius 2 is 2.06 bits per heavy atom. The fraction of sp³-hybridized carbons (Fsp3) is 0.417. The van der Waals surface area contributed by atoms with E-state index in [4.69, 9.17) is 10.3 Å². The molecule has 1 aliphatic rings. The zero-order chi connectivity index (χ0) is 11.7. The monoisotopic (exact) mass is 230 g/mol. The van der Waals surface area contributed by atoms with E-state index < -0.39 is 5.54 Å². The number of hydrogen-bond donors (Lipinski definition) is 1. The number of pyridine rings is 1. The fourth-order valence-electron chi connectivity index (χ4n) is 2.24. The Morgan fingerprint density at radius 3 is 2.76 bits per heavy atom. The van der Waals surface area contributed by atoms with E-state index in [1.165, 1.54) is 0 Å². The molecule has 0 amide bonds. The third kappa shape index (κ3) is 1.82. The summed E-state index contributed by atoms with van der Waals surface area (Å²) in [4.78, 5) is 8.55. The second-order valence-electron chi connectivity index (χ2n) is 4.50. The lowest BCUT2D eigenvalue weighted by molar-refractivity contribution is 0.285.